The molecule has 0 amide bonds. The minimum atomic E-state index is 0.220. The predicted molar refractivity (Wildman–Crippen MR) is 42.3 cm³/mol. The lowest BCUT2D eigenvalue weighted by atomic mass is 10.2. The van der Waals surface area contributed by atoms with Crippen LogP contribution in [0.2, 0.25) is 0 Å². The number of hydrogen-bond donors (Lipinski definition) is 2. The fourth-order valence-electron chi connectivity index (χ4n) is 0.628. The molecule has 0 saturated heterocycles. The second kappa shape index (κ2) is 4.93. The van der Waals surface area contributed by atoms with Crippen LogP contribution in [0.15, 0.2) is 18.2 Å². The van der Waals surface area contributed by atoms with Gasteiger partial charge in [0.05, 0.1) is 0 Å². The maximum absolute atomic E-state index is 8.86. The molecule has 0 atom stereocenters. The third-order valence-electron chi connectivity index (χ3n) is 1.26. The summed E-state index contributed by atoms with van der Waals surface area (Å²) in [5, 5.41) is 8.86. The van der Waals surface area contributed by atoms with Crippen molar-refractivity contribution in [1.29, 1.82) is 0 Å². The number of hydrogen-bond acceptors (Lipinski definition) is 4. The third-order valence-corrected chi connectivity index (χ3v) is 1.26. The highest BCUT2D eigenvalue weighted by Crippen LogP contribution is 2.16. The van der Waals surface area contributed by atoms with Gasteiger partial charge in [0.25, 0.3) is 0 Å². The van der Waals surface area contributed by atoms with Crippen LogP contribution in [0.1, 0.15) is 5.56 Å². The van der Waals surface area contributed by atoms with Crippen molar-refractivity contribution in [2.75, 3.05) is 5.73 Å². The van der Waals surface area contributed by atoms with Crippen LogP contribution in [0, 0.1) is 6.92 Å². The molecule has 1 rings (SSSR count). The van der Waals surface area contributed by atoms with E-state index in [1.807, 2.05) is 6.92 Å². The summed E-state index contributed by atoms with van der Waals surface area (Å²) in [6.45, 7) is 1.90. The molecule has 0 saturated carbocycles. The molecular weight excluding hydrogens is 158 g/mol. The largest absolute Gasteiger partial charge is 0.508 e. The van der Waals surface area contributed by atoms with Crippen molar-refractivity contribution in [3.8, 4) is 5.75 Å². The molecule has 0 bridgehead atoms. The Hall–Kier alpha value is -1.80. The number of aromatic hydroxyl groups is 1. The SMILES string of the molecule is Cc1ccc(O)cc1N.O=C=O. The number of nitrogen functional groups attached to an aromatic ring is 1. The van der Waals surface area contributed by atoms with Crippen molar-refractivity contribution in [3.63, 3.8) is 0 Å². The molecule has 1 aromatic rings. The molecule has 0 radical (unpaired) electrons. The van der Waals surface area contributed by atoms with Crippen molar-refractivity contribution >= 4 is 11.8 Å². The number of anilines is 1. The summed E-state index contributed by atoms with van der Waals surface area (Å²) in [6, 6.07) is 4.94. The molecule has 0 heterocycles. The highest BCUT2D eigenvalue weighted by Gasteiger charge is 1.91. The molecule has 0 aliphatic heterocycles. The Labute approximate surface area is 69.6 Å². The Kier molecular flexibility index (Phi) is 4.19. The lowest BCUT2D eigenvalue weighted by molar-refractivity contribution is -0.191. The Bertz CT molecular complexity index is 290. The Morgan fingerprint density at radius 2 is 1.92 bits per heavy atom. The van der Waals surface area contributed by atoms with Gasteiger partial charge in [0, 0.05) is 11.8 Å². The highest BCUT2D eigenvalue weighted by atomic mass is 16.3. The van der Waals surface area contributed by atoms with Gasteiger partial charge < -0.3 is 10.8 Å². The monoisotopic (exact) mass is 167 g/mol. The van der Waals surface area contributed by atoms with Crippen molar-refractivity contribution in [2.45, 2.75) is 6.92 Å². The summed E-state index contributed by atoms with van der Waals surface area (Å²) in [5.41, 5.74) is 7.09. The van der Waals surface area contributed by atoms with E-state index in [1.54, 1.807) is 12.1 Å². The lowest BCUT2D eigenvalue weighted by Gasteiger charge is -1.97. The van der Waals surface area contributed by atoms with Gasteiger partial charge in [0.15, 0.2) is 0 Å². The molecule has 64 valence electrons. The first-order valence-corrected chi connectivity index (χ1v) is 3.16. The average molecular weight is 167 g/mol. The van der Waals surface area contributed by atoms with Crippen LogP contribution < -0.4 is 5.73 Å². The van der Waals surface area contributed by atoms with Crippen LogP contribution in [-0.4, -0.2) is 11.3 Å². The topological polar surface area (TPSA) is 80.4 Å². The van der Waals surface area contributed by atoms with Crippen molar-refractivity contribution in [2.24, 2.45) is 0 Å². The quantitative estimate of drug-likeness (QED) is 0.557. The maximum Gasteiger partial charge on any atom is 0.373 e. The smallest absolute Gasteiger partial charge is 0.373 e. The fraction of sp³-hybridized carbons (Fsp3) is 0.125. The molecule has 4 heteroatoms. The molecule has 1 aromatic carbocycles. The van der Waals surface area contributed by atoms with Gasteiger partial charge in [-0.05, 0) is 18.6 Å². The van der Waals surface area contributed by atoms with Crippen LogP contribution in [0.3, 0.4) is 0 Å². The average Bonchev–Trinajstić information content (AvgIpc) is 1.99. The number of aryl methyl sites for hydroxylation is 1. The maximum atomic E-state index is 8.86. The van der Waals surface area contributed by atoms with Gasteiger partial charge in [-0.1, -0.05) is 6.07 Å². The van der Waals surface area contributed by atoms with E-state index in [2.05, 4.69) is 0 Å². The molecule has 12 heavy (non-hydrogen) atoms. The zero-order valence-electron chi connectivity index (χ0n) is 6.57. The van der Waals surface area contributed by atoms with Crippen LogP contribution in [0.25, 0.3) is 0 Å². The van der Waals surface area contributed by atoms with Crippen LogP contribution >= 0.6 is 0 Å². The van der Waals surface area contributed by atoms with E-state index in [1.165, 1.54) is 6.07 Å². The summed E-state index contributed by atoms with van der Waals surface area (Å²) in [6.07, 6.45) is 0.250. The minimum absolute atomic E-state index is 0.220. The van der Waals surface area contributed by atoms with Crippen molar-refractivity contribution in [1.82, 2.24) is 0 Å². The predicted octanol–water partition coefficient (Wildman–Crippen LogP) is 0.699. The summed E-state index contributed by atoms with van der Waals surface area (Å²) < 4.78 is 0. The molecular formula is C8H9NO3. The minimum Gasteiger partial charge on any atom is -0.508 e. The Morgan fingerprint density at radius 3 is 2.25 bits per heavy atom. The van der Waals surface area contributed by atoms with Gasteiger partial charge >= 0.3 is 6.15 Å². The van der Waals surface area contributed by atoms with E-state index >= 15 is 0 Å². The number of rotatable bonds is 0. The van der Waals surface area contributed by atoms with Crippen LogP contribution in [0.5, 0.6) is 5.75 Å². The fourth-order valence-corrected chi connectivity index (χ4v) is 0.628. The van der Waals surface area contributed by atoms with Gasteiger partial charge in [-0.25, -0.2) is 0 Å². The van der Waals surface area contributed by atoms with E-state index < -0.39 is 0 Å². The molecule has 0 aliphatic rings. The Balaban J connectivity index is 0.000000354. The van der Waals surface area contributed by atoms with Crippen LogP contribution in [0.4, 0.5) is 5.69 Å². The van der Waals surface area contributed by atoms with Crippen LogP contribution in [-0.2, 0) is 9.59 Å². The summed E-state index contributed by atoms with van der Waals surface area (Å²) >= 11 is 0. The molecule has 0 spiro atoms. The zero-order valence-corrected chi connectivity index (χ0v) is 6.57. The number of benzene rings is 1. The molecule has 0 aliphatic carbocycles. The summed E-state index contributed by atoms with van der Waals surface area (Å²) in [7, 11) is 0. The van der Waals surface area contributed by atoms with Gasteiger partial charge in [-0.15, -0.1) is 0 Å². The van der Waals surface area contributed by atoms with Gasteiger partial charge in [0.1, 0.15) is 5.75 Å². The van der Waals surface area contributed by atoms with E-state index in [0.717, 1.165) is 5.56 Å². The summed E-state index contributed by atoms with van der Waals surface area (Å²) in [5.74, 6) is 0.220. The normalized spacial score (nSPS) is 7.75. The Morgan fingerprint density at radius 1 is 1.42 bits per heavy atom. The number of nitrogens with two attached hydrogens (primary N) is 1. The second-order valence-electron chi connectivity index (χ2n) is 2.12. The van der Waals surface area contributed by atoms with Crippen molar-refractivity contribution < 1.29 is 14.7 Å². The van der Waals surface area contributed by atoms with E-state index in [0.29, 0.717) is 5.69 Å². The first-order chi connectivity index (χ1) is 5.61. The first kappa shape index (κ1) is 10.2. The highest BCUT2D eigenvalue weighted by molar-refractivity contribution is 5.49. The van der Waals surface area contributed by atoms with E-state index in [9.17, 15) is 0 Å². The zero-order chi connectivity index (χ0) is 9.56. The standard InChI is InChI=1S/C7H9NO.CO2/c1-5-2-3-6(9)4-7(5)8;2-1-3/h2-4,9H,8H2,1H3;. The van der Waals surface area contributed by atoms with E-state index in [4.69, 9.17) is 20.4 Å². The molecule has 0 fully saturated rings. The van der Waals surface area contributed by atoms with Gasteiger partial charge in [-0.2, -0.15) is 9.59 Å². The first-order valence-electron chi connectivity index (χ1n) is 3.16. The summed E-state index contributed by atoms with van der Waals surface area (Å²) in [4.78, 5) is 16.2. The second-order valence-corrected chi connectivity index (χ2v) is 2.12. The van der Waals surface area contributed by atoms with Gasteiger partial charge in [0.2, 0.25) is 0 Å². The number of phenolic OH excluding ortho intramolecular Hbond substituents is 1. The van der Waals surface area contributed by atoms with Crippen molar-refractivity contribution in [3.05, 3.63) is 23.8 Å². The number of carbonyl (C=O) groups excluding carboxylic acids is 2. The van der Waals surface area contributed by atoms with Gasteiger partial charge in [-0.3, -0.25) is 0 Å². The van der Waals surface area contributed by atoms with E-state index in [-0.39, 0.29) is 11.9 Å². The molecule has 3 N–H and O–H groups in total. The molecule has 4 nitrogen and oxygen atoms in total. The lowest BCUT2D eigenvalue weighted by Crippen LogP contribution is -1.86. The molecule has 0 aromatic heterocycles. The molecule has 0 unspecified atom stereocenters. The number of phenols is 1. The third kappa shape index (κ3) is 3.39.